The first-order valence-corrected chi connectivity index (χ1v) is 4.06. The number of hydrogen-bond donors (Lipinski definition) is 0. The molecule has 0 atom stereocenters. The summed E-state index contributed by atoms with van der Waals surface area (Å²) >= 11 is 0. The van der Waals surface area contributed by atoms with Gasteiger partial charge in [0.1, 0.15) is 6.61 Å². The maximum Gasteiger partial charge on any atom is 0.114 e. The summed E-state index contributed by atoms with van der Waals surface area (Å²) in [5, 5.41) is 3.93. The van der Waals surface area contributed by atoms with Gasteiger partial charge in [0.05, 0.1) is 5.71 Å². The highest BCUT2D eigenvalue weighted by Gasteiger charge is 1.94. The molecule has 2 heteroatoms. The summed E-state index contributed by atoms with van der Waals surface area (Å²) in [4.78, 5) is 4.94. The molecular formula is C10H13NO. The predicted molar refractivity (Wildman–Crippen MR) is 50.3 cm³/mol. The van der Waals surface area contributed by atoms with Gasteiger partial charge in [-0.3, -0.25) is 0 Å². The molecule has 0 bridgehead atoms. The largest absolute Gasteiger partial charge is 0.396 e. The van der Waals surface area contributed by atoms with Crippen molar-refractivity contribution in [2.75, 3.05) is 6.61 Å². The van der Waals surface area contributed by atoms with E-state index in [1.54, 1.807) is 0 Å². The Morgan fingerprint density at radius 2 is 2.00 bits per heavy atom. The van der Waals surface area contributed by atoms with Crippen LogP contribution >= 0.6 is 0 Å². The van der Waals surface area contributed by atoms with Gasteiger partial charge in [-0.15, -0.1) is 0 Å². The molecule has 1 aromatic carbocycles. The van der Waals surface area contributed by atoms with Crippen molar-refractivity contribution in [3.63, 3.8) is 0 Å². The van der Waals surface area contributed by atoms with Crippen molar-refractivity contribution in [2.24, 2.45) is 5.16 Å². The number of nitrogens with zero attached hydrogens (tertiary/aromatic N) is 1. The van der Waals surface area contributed by atoms with Crippen LogP contribution in [0.5, 0.6) is 0 Å². The van der Waals surface area contributed by atoms with Crippen molar-refractivity contribution >= 4 is 5.71 Å². The first-order chi connectivity index (χ1) is 5.84. The minimum atomic E-state index is 0.615. The Hall–Kier alpha value is -1.31. The molecule has 0 amide bonds. The lowest BCUT2D eigenvalue weighted by Gasteiger charge is -1.98. The number of hydrogen-bond acceptors (Lipinski definition) is 2. The van der Waals surface area contributed by atoms with Gasteiger partial charge in [0, 0.05) is 0 Å². The molecular weight excluding hydrogens is 150 g/mol. The fraction of sp³-hybridized carbons (Fsp3) is 0.300. The van der Waals surface area contributed by atoms with E-state index >= 15 is 0 Å². The second kappa shape index (κ2) is 4.54. The van der Waals surface area contributed by atoms with Gasteiger partial charge in [-0.25, -0.2) is 0 Å². The van der Waals surface area contributed by atoms with Gasteiger partial charge in [0.15, 0.2) is 0 Å². The lowest BCUT2D eigenvalue weighted by molar-refractivity contribution is 0.159. The molecule has 0 spiro atoms. The van der Waals surface area contributed by atoms with E-state index in [1.807, 2.05) is 44.2 Å². The molecule has 12 heavy (non-hydrogen) atoms. The van der Waals surface area contributed by atoms with Crippen molar-refractivity contribution in [2.45, 2.75) is 13.8 Å². The van der Waals surface area contributed by atoms with Crippen molar-refractivity contribution in [1.82, 2.24) is 0 Å². The Morgan fingerprint density at radius 1 is 1.33 bits per heavy atom. The Balaban J connectivity index is 2.71. The molecule has 1 aromatic rings. The summed E-state index contributed by atoms with van der Waals surface area (Å²) < 4.78 is 0. The first-order valence-electron chi connectivity index (χ1n) is 4.06. The predicted octanol–water partition coefficient (Wildman–Crippen LogP) is 2.45. The third-order valence-corrected chi connectivity index (χ3v) is 1.52. The molecule has 0 aromatic heterocycles. The lowest BCUT2D eigenvalue weighted by Crippen LogP contribution is -1.95. The normalized spacial score (nSPS) is 11.3. The Kier molecular flexibility index (Phi) is 3.33. The van der Waals surface area contributed by atoms with E-state index in [4.69, 9.17) is 4.84 Å². The Bertz CT molecular complexity index is 254. The molecule has 0 saturated carbocycles. The zero-order valence-electron chi connectivity index (χ0n) is 7.45. The van der Waals surface area contributed by atoms with E-state index in [9.17, 15) is 0 Å². The van der Waals surface area contributed by atoms with Gasteiger partial charge in [-0.2, -0.15) is 0 Å². The van der Waals surface area contributed by atoms with E-state index in [2.05, 4.69) is 5.16 Å². The van der Waals surface area contributed by atoms with Crippen LogP contribution in [0.3, 0.4) is 0 Å². The maximum atomic E-state index is 4.94. The van der Waals surface area contributed by atoms with Crippen LogP contribution in [-0.2, 0) is 4.84 Å². The van der Waals surface area contributed by atoms with Crippen molar-refractivity contribution < 1.29 is 4.84 Å². The fourth-order valence-electron chi connectivity index (χ4n) is 0.893. The lowest BCUT2D eigenvalue weighted by atomic mass is 10.1. The summed E-state index contributed by atoms with van der Waals surface area (Å²) in [5.41, 5.74) is 2.02. The minimum Gasteiger partial charge on any atom is -0.396 e. The van der Waals surface area contributed by atoms with E-state index in [0.717, 1.165) is 11.3 Å². The fourth-order valence-corrected chi connectivity index (χ4v) is 0.893. The molecule has 1 rings (SSSR count). The van der Waals surface area contributed by atoms with Crippen LogP contribution in [0.2, 0.25) is 0 Å². The summed E-state index contributed by atoms with van der Waals surface area (Å²) in [7, 11) is 0. The summed E-state index contributed by atoms with van der Waals surface area (Å²) in [6, 6.07) is 9.98. The zero-order valence-corrected chi connectivity index (χ0v) is 7.45. The van der Waals surface area contributed by atoms with Gasteiger partial charge >= 0.3 is 0 Å². The van der Waals surface area contributed by atoms with Crippen molar-refractivity contribution in [3.8, 4) is 0 Å². The second-order valence-corrected chi connectivity index (χ2v) is 2.46. The smallest absolute Gasteiger partial charge is 0.114 e. The average molecular weight is 163 g/mol. The van der Waals surface area contributed by atoms with Crippen LogP contribution in [0.4, 0.5) is 0 Å². The SMILES string of the molecule is CCON=C(C)c1ccccc1. The second-order valence-electron chi connectivity index (χ2n) is 2.46. The van der Waals surface area contributed by atoms with E-state index in [1.165, 1.54) is 0 Å². The highest BCUT2D eigenvalue weighted by Crippen LogP contribution is 2.00. The number of rotatable bonds is 3. The van der Waals surface area contributed by atoms with E-state index in [0.29, 0.717) is 6.61 Å². The molecule has 64 valence electrons. The van der Waals surface area contributed by atoms with Crippen LogP contribution in [0, 0.1) is 0 Å². The zero-order chi connectivity index (χ0) is 8.81. The van der Waals surface area contributed by atoms with E-state index in [-0.39, 0.29) is 0 Å². The van der Waals surface area contributed by atoms with Crippen LogP contribution in [-0.4, -0.2) is 12.3 Å². The molecule has 0 unspecified atom stereocenters. The highest BCUT2D eigenvalue weighted by atomic mass is 16.6. The topological polar surface area (TPSA) is 21.6 Å². The third-order valence-electron chi connectivity index (χ3n) is 1.52. The Labute approximate surface area is 72.9 Å². The van der Waals surface area contributed by atoms with Gasteiger partial charge < -0.3 is 4.84 Å². The third kappa shape index (κ3) is 2.38. The molecule has 0 aliphatic rings. The summed E-state index contributed by atoms with van der Waals surface area (Å²) in [6.45, 7) is 4.47. The standard InChI is InChI=1S/C10H13NO/c1-3-12-11-9(2)10-7-5-4-6-8-10/h4-8H,3H2,1-2H3. The van der Waals surface area contributed by atoms with Gasteiger partial charge in [-0.1, -0.05) is 35.5 Å². The Morgan fingerprint density at radius 3 is 2.58 bits per heavy atom. The molecule has 0 aliphatic heterocycles. The summed E-state index contributed by atoms with van der Waals surface area (Å²) in [5.74, 6) is 0. The molecule has 0 N–H and O–H groups in total. The maximum absolute atomic E-state index is 4.94. The van der Waals surface area contributed by atoms with Crippen LogP contribution in [0.25, 0.3) is 0 Å². The van der Waals surface area contributed by atoms with Gasteiger partial charge in [0.2, 0.25) is 0 Å². The first kappa shape index (κ1) is 8.78. The number of oxime groups is 1. The molecule has 0 radical (unpaired) electrons. The number of benzene rings is 1. The van der Waals surface area contributed by atoms with Crippen LogP contribution in [0.15, 0.2) is 35.5 Å². The quantitative estimate of drug-likeness (QED) is 0.495. The highest BCUT2D eigenvalue weighted by molar-refractivity contribution is 5.98. The van der Waals surface area contributed by atoms with E-state index < -0.39 is 0 Å². The van der Waals surface area contributed by atoms with Crippen molar-refractivity contribution in [3.05, 3.63) is 35.9 Å². The van der Waals surface area contributed by atoms with Crippen LogP contribution < -0.4 is 0 Å². The average Bonchev–Trinajstić information content (AvgIpc) is 2.15. The molecule has 0 fully saturated rings. The molecule has 0 saturated heterocycles. The van der Waals surface area contributed by atoms with Gasteiger partial charge in [0.25, 0.3) is 0 Å². The van der Waals surface area contributed by atoms with Crippen LogP contribution in [0.1, 0.15) is 19.4 Å². The monoisotopic (exact) mass is 163 g/mol. The molecule has 0 aliphatic carbocycles. The molecule has 0 heterocycles. The van der Waals surface area contributed by atoms with Gasteiger partial charge in [-0.05, 0) is 19.4 Å². The van der Waals surface area contributed by atoms with Crippen molar-refractivity contribution in [1.29, 1.82) is 0 Å². The molecule has 2 nitrogen and oxygen atoms in total. The minimum absolute atomic E-state index is 0.615. The summed E-state index contributed by atoms with van der Waals surface area (Å²) in [6.07, 6.45) is 0.